The normalized spacial score (nSPS) is 17.1. The highest BCUT2D eigenvalue weighted by atomic mass is 35.5. The molecule has 2 aliphatic heterocycles. The van der Waals surface area contributed by atoms with Crippen molar-refractivity contribution in [3.8, 4) is 5.69 Å². The number of thiophene rings is 1. The summed E-state index contributed by atoms with van der Waals surface area (Å²) in [6.07, 6.45) is 3.23. The van der Waals surface area contributed by atoms with E-state index in [1.54, 1.807) is 11.3 Å². The van der Waals surface area contributed by atoms with Crippen molar-refractivity contribution in [3.05, 3.63) is 51.2 Å². The van der Waals surface area contributed by atoms with Crippen molar-refractivity contribution in [1.82, 2.24) is 19.7 Å². The van der Waals surface area contributed by atoms with Gasteiger partial charge in [0.05, 0.1) is 16.0 Å². The lowest BCUT2D eigenvalue weighted by molar-refractivity contribution is -0.131. The maximum Gasteiger partial charge on any atom is 0.236 e. The number of nitrogens with zero attached hydrogens (tertiary/aromatic N) is 5. The van der Waals surface area contributed by atoms with Crippen LogP contribution in [0.3, 0.4) is 0 Å². The second kappa shape index (κ2) is 8.84. The van der Waals surface area contributed by atoms with E-state index in [1.165, 1.54) is 22.2 Å². The van der Waals surface area contributed by atoms with Gasteiger partial charge in [0.25, 0.3) is 0 Å². The van der Waals surface area contributed by atoms with Gasteiger partial charge in [0.15, 0.2) is 5.16 Å². The Kier molecular flexibility index (Phi) is 5.95. The molecule has 1 atom stereocenters. The number of amides is 1. The van der Waals surface area contributed by atoms with Crippen LogP contribution in [0.4, 0.5) is 5.95 Å². The molecule has 1 amide bonds. The number of aromatic nitrogens is 3. The van der Waals surface area contributed by atoms with E-state index in [2.05, 4.69) is 26.5 Å². The first-order chi connectivity index (χ1) is 15.1. The van der Waals surface area contributed by atoms with Crippen LogP contribution in [0.25, 0.3) is 5.69 Å². The third-order valence-electron chi connectivity index (χ3n) is 5.85. The monoisotopic (exact) mass is 473 g/mol. The summed E-state index contributed by atoms with van der Waals surface area (Å²) in [4.78, 5) is 18.8. The fourth-order valence-electron chi connectivity index (χ4n) is 4.21. The fraction of sp³-hybridized carbons (Fsp3) is 0.409. The predicted octanol–water partition coefficient (Wildman–Crippen LogP) is 4.65. The van der Waals surface area contributed by atoms with Gasteiger partial charge in [0, 0.05) is 31.1 Å². The molecule has 1 unspecified atom stereocenters. The molecule has 0 N–H and O–H groups in total. The molecule has 31 heavy (non-hydrogen) atoms. The molecule has 1 fully saturated rings. The molecule has 3 aromatic rings. The van der Waals surface area contributed by atoms with Crippen molar-refractivity contribution >= 4 is 46.6 Å². The van der Waals surface area contributed by atoms with E-state index < -0.39 is 0 Å². The third-order valence-corrected chi connectivity index (χ3v) is 8.22. The number of anilines is 1. The van der Waals surface area contributed by atoms with Crippen LogP contribution >= 0.6 is 34.7 Å². The van der Waals surface area contributed by atoms with Gasteiger partial charge < -0.3 is 9.80 Å². The van der Waals surface area contributed by atoms with Crippen LogP contribution in [0.2, 0.25) is 5.02 Å². The summed E-state index contributed by atoms with van der Waals surface area (Å²) < 4.78 is 2.01. The predicted molar refractivity (Wildman–Crippen MR) is 127 cm³/mol. The topological polar surface area (TPSA) is 54.3 Å². The minimum absolute atomic E-state index is 0.137. The lowest BCUT2D eigenvalue weighted by Crippen LogP contribution is -2.39. The summed E-state index contributed by atoms with van der Waals surface area (Å²) in [6.45, 7) is 5.33. The average molecular weight is 474 g/mol. The van der Waals surface area contributed by atoms with Crippen LogP contribution in [-0.4, -0.2) is 50.5 Å². The van der Waals surface area contributed by atoms with Gasteiger partial charge in [0.2, 0.25) is 11.9 Å². The zero-order chi connectivity index (χ0) is 21.4. The molecule has 0 bridgehead atoms. The Hall–Kier alpha value is -2.03. The Morgan fingerprint density at radius 1 is 1.16 bits per heavy atom. The number of benzene rings is 1. The maximum atomic E-state index is 13.2. The smallest absolute Gasteiger partial charge is 0.236 e. The number of rotatable bonds is 5. The summed E-state index contributed by atoms with van der Waals surface area (Å²) in [5, 5.41) is 12.2. The second-order valence-electron chi connectivity index (χ2n) is 7.90. The van der Waals surface area contributed by atoms with Gasteiger partial charge in [-0.05, 0) is 55.3 Å². The molecular formula is C22H24ClN5OS2. The van der Waals surface area contributed by atoms with E-state index >= 15 is 0 Å². The molecule has 0 saturated carbocycles. The molecule has 0 aliphatic carbocycles. The molecule has 2 aromatic heterocycles. The molecule has 5 rings (SSSR count). The van der Waals surface area contributed by atoms with Crippen molar-refractivity contribution in [2.24, 2.45) is 0 Å². The van der Waals surface area contributed by atoms with E-state index in [0.29, 0.717) is 16.7 Å². The minimum Gasteiger partial charge on any atom is -0.341 e. The van der Waals surface area contributed by atoms with Crippen molar-refractivity contribution < 1.29 is 4.79 Å². The Balaban J connectivity index is 1.41. The summed E-state index contributed by atoms with van der Waals surface area (Å²) in [5.74, 6) is 0.937. The molecule has 0 spiro atoms. The van der Waals surface area contributed by atoms with E-state index in [4.69, 9.17) is 11.6 Å². The molecule has 4 heterocycles. The Morgan fingerprint density at radius 2 is 1.97 bits per heavy atom. The largest absolute Gasteiger partial charge is 0.341 e. The van der Waals surface area contributed by atoms with Crippen LogP contribution < -0.4 is 4.90 Å². The fourth-order valence-corrected chi connectivity index (χ4v) is 6.26. The molecule has 2 aliphatic rings. The highest BCUT2D eigenvalue weighted by Gasteiger charge is 2.29. The summed E-state index contributed by atoms with van der Waals surface area (Å²) in [6, 6.07) is 9.86. The van der Waals surface area contributed by atoms with Gasteiger partial charge >= 0.3 is 0 Å². The zero-order valence-corrected chi connectivity index (χ0v) is 19.7. The summed E-state index contributed by atoms with van der Waals surface area (Å²) >= 11 is 9.78. The summed E-state index contributed by atoms with van der Waals surface area (Å²) in [7, 11) is 0. The Bertz CT molecular complexity index is 1090. The first kappa shape index (κ1) is 20.8. The molecule has 0 radical (unpaired) electrons. The van der Waals surface area contributed by atoms with Gasteiger partial charge in [0.1, 0.15) is 0 Å². The molecular weight excluding hydrogens is 450 g/mol. The lowest BCUT2D eigenvalue weighted by Gasteiger charge is -2.29. The maximum absolute atomic E-state index is 13.2. The molecule has 1 aromatic carbocycles. The van der Waals surface area contributed by atoms with E-state index in [0.717, 1.165) is 50.5 Å². The number of carbonyl (C=O) groups excluding carboxylic acids is 1. The van der Waals surface area contributed by atoms with Crippen molar-refractivity contribution in [2.75, 3.05) is 24.5 Å². The van der Waals surface area contributed by atoms with Gasteiger partial charge in [-0.1, -0.05) is 35.5 Å². The number of carbonyl (C=O) groups is 1. The third kappa shape index (κ3) is 4.08. The lowest BCUT2D eigenvalue weighted by atomic mass is 10.1. The van der Waals surface area contributed by atoms with E-state index in [1.807, 2.05) is 40.7 Å². The molecule has 9 heteroatoms. The number of thioether (sulfide) groups is 1. The Morgan fingerprint density at radius 3 is 2.77 bits per heavy atom. The number of para-hydroxylation sites is 1. The standard InChI is InChI=1S/C22H24ClN5OS2/c1-15(20(29)27-12-8-19-16(14-27)9-13-30-19)31-22-25-24-21(26-10-4-5-11-26)28(22)18-7-3-2-6-17(18)23/h2-3,6-7,9,13,15H,4-5,8,10-12,14H2,1H3. The van der Waals surface area contributed by atoms with Crippen molar-refractivity contribution in [2.45, 2.75) is 43.1 Å². The highest BCUT2D eigenvalue weighted by Crippen LogP contribution is 2.34. The van der Waals surface area contributed by atoms with Crippen molar-refractivity contribution in [3.63, 3.8) is 0 Å². The molecule has 162 valence electrons. The van der Waals surface area contributed by atoms with Crippen LogP contribution in [0.15, 0.2) is 40.9 Å². The quantitative estimate of drug-likeness (QED) is 0.505. The number of hydrogen-bond donors (Lipinski definition) is 0. The number of hydrogen-bond acceptors (Lipinski definition) is 6. The average Bonchev–Trinajstić information content (AvgIpc) is 3.53. The van der Waals surface area contributed by atoms with E-state index in [-0.39, 0.29) is 11.2 Å². The van der Waals surface area contributed by atoms with Crippen molar-refractivity contribution in [1.29, 1.82) is 0 Å². The minimum atomic E-state index is -0.267. The van der Waals surface area contributed by atoms with Gasteiger partial charge in [-0.15, -0.1) is 21.5 Å². The van der Waals surface area contributed by atoms with E-state index in [9.17, 15) is 4.79 Å². The van der Waals surface area contributed by atoms with Gasteiger partial charge in [-0.25, -0.2) is 0 Å². The van der Waals surface area contributed by atoms with Crippen LogP contribution in [0.1, 0.15) is 30.2 Å². The summed E-state index contributed by atoms with van der Waals surface area (Å²) in [5.41, 5.74) is 2.12. The number of halogens is 1. The Labute approximate surface area is 195 Å². The zero-order valence-electron chi connectivity index (χ0n) is 17.3. The highest BCUT2D eigenvalue weighted by molar-refractivity contribution is 8.00. The van der Waals surface area contributed by atoms with Crippen LogP contribution in [0.5, 0.6) is 0 Å². The van der Waals surface area contributed by atoms with Gasteiger partial charge in [-0.2, -0.15) is 0 Å². The van der Waals surface area contributed by atoms with Crippen LogP contribution in [0, 0.1) is 0 Å². The molecule has 6 nitrogen and oxygen atoms in total. The second-order valence-corrected chi connectivity index (χ2v) is 10.6. The SMILES string of the molecule is CC(Sc1nnc(N2CCCC2)n1-c1ccccc1Cl)C(=O)N1CCc2sccc2C1. The van der Waals surface area contributed by atoms with Gasteiger partial charge in [-0.3, -0.25) is 9.36 Å². The van der Waals surface area contributed by atoms with Crippen LogP contribution in [-0.2, 0) is 17.8 Å². The first-order valence-electron chi connectivity index (χ1n) is 10.6. The molecule has 1 saturated heterocycles. The first-order valence-corrected chi connectivity index (χ1v) is 12.7. The number of fused-ring (bicyclic) bond motifs is 1.